The number of imidazole rings is 1. The van der Waals surface area contributed by atoms with Crippen LogP contribution in [0.4, 0.5) is 5.69 Å². The van der Waals surface area contributed by atoms with Crippen molar-refractivity contribution in [2.45, 2.75) is 32.2 Å². The lowest BCUT2D eigenvalue weighted by molar-refractivity contribution is 0.690. The Morgan fingerprint density at radius 3 is 3.11 bits per heavy atom. The molecule has 19 heavy (non-hydrogen) atoms. The summed E-state index contributed by atoms with van der Waals surface area (Å²) in [6.45, 7) is 3.39. The van der Waals surface area contributed by atoms with Gasteiger partial charge in [0.25, 0.3) is 0 Å². The summed E-state index contributed by atoms with van der Waals surface area (Å²) in [5.74, 6) is 0.792. The molecule has 4 rings (SSSR count). The number of anilines is 1. The maximum atomic E-state index is 4.38. The molecule has 1 aliphatic carbocycles. The number of hydrogen-bond acceptors (Lipinski definition) is 2. The summed E-state index contributed by atoms with van der Waals surface area (Å²) < 4.78 is 2.36. The van der Waals surface area contributed by atoms with E-state index in [-0.39, 0.29) is 0 Å². The van der Waals surface area contributed by atoms with Crippen molar-refractivity contribution in [2.75, 3.05) is 11.9 Å². The molecule has 2 aromatic rings. The van der Waals surface area contributed by atoms with E-state index in [0.717, 1.165) is 12.5 Å². The highest BCUT2D eigenvalue weighted by Gasteiger charge is 2.35. The van der Waals surface area contributed by atoms with Gasteiger partial charge in [0, 0.05) is 23.8 Å². The van der Waals surface area contributed by atoms with Crippen LogP contribution in [-0.2, 0) is 6.42 Å². The first-order chi connectivity index (χ1) is 9.34. The van der Waals surface area contributed by atoms with E-state index in [0.29, 0.717) is 6.04 Å². The van der Waals surface area contributed by atoms with Gasteiger partial charge >= 0.3 is 0 Å². The van der Waals surface area contributed by atoms with Gasteiger partial charge in [0.15, 0.2) is 0 Å². The Morgan fingerprint density at radius 2 is 2.26 bits per heavy atom. The lowest BCUT2D eigenvalue weighted by Crippen LogP contribution is -2.13. The Kier molecular flexibility index (Phi) is 2.40. The van der Waals surface area contributed by atoms with Gasteiger partial charge < -0.3 is 9.88 Å². The minimum absolute atomic E-state index is 0.650. The molecule has 0 bridgehead atoms. The van der Waals surface area contributed by atoms with Crippen molar-refractivity contribution >= 4 is 5.69 Å². The average molecular weight is 253 g/mol. The summed E-state index contributed by atoms with van der Waals surface area (Å²) >= 11 is 0. The molecular formula is C16H19N3. The Hall–Kier alpha value is -1.77. The van der Waals surface area contributed by atoms with Gasteiger partial charge in [0.2, 0.25) is 0 Å². The Balaban J connectivity index is 1.82. The lowest BCUT2D eigenvalue weighted by atomic mass is 9.98. The van der Waals surface area contributed by atoms with E-state index in [1.165, 1.54) is 41.8 Å². The molecule has 1 aromatic heterocycles. The van der Waals surface area contributed by atoms with E-state index in [2.05, 4.69) is 40.0 Å². The van der Waals surface area contributed by atoms with Crippen LogP contribution < -0.4 is 5.32 Å². The number of para-hydroxylation sites is 1. The second kappa shape index (κ2) is 4.12. The molecule has 98 valence electrons. The molecule has 1 fully saturated rings. The third kappa shape index (κ3) is 1.76. The van der Waals surface area contributed by atoms with E-state index in [1.54, 1.807) is 0 Å². The highest BCUT2D eigenvalue weighted by atomic mass is 15.1. The van der Waals surface area contributed by atoms with Crippen LogP contribution in [-0.4, -0.2) is 16.1 Å². The minimum Gasteiger partial charge on any atom is -0.384 e. The van der Waals surface area contributed by atoms with Gasteiger partial charge in [-0.15, -0.1) is 0 Å². The van der Waals surface area contributed by atoms with Crippen LogP contribution in [0.15, 0.2) is 30.7 Å². The van der Waals surface area contributed by atoms with E-state index < -0.39 is 0 Å². The van der Waals surface area contributed by atoms with Crippen molar-refractivity contribution in [2.24, 2.45) is 5.92 Å². The van der Waals surface area contributed by atoms with E-state index in [1.807, 2.05) is 12.5 Å². The number of aromatic nitrogens is 2. The molecule has 2 aliphatic rings. The first kappa shape index (κ1) is 11.1. The molecule has 2 atom stereocenters. The van der Waals surface area contributed by atoms with Crippen molar-refractivity contribution < 1.29 is 0 Å². The smallest absolute Gasteiger partial charge is 0.0953 e. The first-order valence-corrected chi connectivity index (χ1v) is 7.22. The molecule has 0 spiro atoms. The van der Waals surface area contributed by atoms with Crippen LogP contribution in [0.2, 0.25) is 0 Å². The maximum absolute atomic E-state index is 4.38. The van der Waals surface area contributed by atoms with Gasteiger partial charge in [-0.1, -0.05) is 25.1 Å². The number of hydrogen-bond donors (Lipinski definition) is 1. The van der Waals surface area contributed by atoms with Gasteiger partial charge in [-0.05, 0) is 30.7 Å². The fraction of sp³-hybridized carbons (Fsp3) is 0.438. The number of benzene rings is 1. The second-order valence-corrected chi connectivity index (χ2v) is 5.84. The SMILES string of the molecule is CC1CC1n1cncc1-c1cccc2c1NCCC2. The number of rotatable bonds is 2. The number of aryl methyl sites for hydroxylation is 1. The summed E-state index contributed by atoms with van der Waals surface area (Å²) in [5.41, 5.74) is 5.35. The van der Waals surface area contributed by atoms with Crippen LogP contribution in [0.25, 0.3) is 11.3 Å². The topological polar surface area (TPSA) is 29.9 Å². The zero-order chi connectivity index (χ0) is 12.8. The molecule has 3 heteroatoms. The molecule has 0 amide bonds. The van der Waals surface area contributed by atoms with Crippen molar-refractivity contribution in [3.05, 3.63) is 36.3 Å². The van der Waals surface area contributed by atoms with Crippen molar-refractivity contribution in [1.82, 2.24) is 9.55 Å². The number of fused-ring (bicyclic) bond motifs is 1. The van der Waals surface area contributed by atoms with E-state index in [9.17, 15) is 0 Å². The molecule has 1 N–H and O–H groups in total. The molecular weight excluding hydrogens is 234 g/mol. The van der Waals surface area contributed by atoms with Crippen LogP contribution >= 0.6 is 0 Å². The quantitative estimate of drug-likeness (QED) is 0.888. The van der Waals surface area contributed by atoms with Crippen molar-refractivity contribution in [3.63, 3.8) is 0 Å². The fourth-order valence-corrected chi connectivity index (χ4v) is 3.19. The standard InChI is InChI=1S/C16H19N3/c1-11-8-14(11)19-10-17-9-15(19)13-6-2-4-12-5-3-7-18-16(12)13/h2,4,6,9-11,14,18H,3,5,7-8H2,1H3. The normalized spacial score (nSPS) is 24.7. The number of nitrogens with one attached hydrogen (secondary N) is 1. The highest BCUT2D eigenvalue weighted by molar-refractivity contribution is 5.79. The summed E-state index contributed by atoms with van der Waals surface area (Å²) in [6.07, 6.45) is 7.70. The first-order valence-electron chi connectivity index (χ1n) is 7.22. The summed E-state index contributed by atoms with van der Waals surface area (Å²) in [7, 11) is 0. The summed E-state index contributed by atoms with van der Waals surface area (Å²) in [4.78, 5) is 4.38. The average Bonchev–Trinajstić information content (AvgIpc) is 2.99. The van der Waals surface area contributed by atoms with Crippen molar-refractivity contribution in [3.8, 4) is 11.3 Å². The number of nitrogens with zero attached hydrogens (tertiary/aromatic N) is 2. The largest absolute Gasteiger partial charge is 0.384 e. The Bertz CT molecular complexity index is 614. The zero-order valence-corrected chi connectivity index (χ0v) is 11.3. The zero-order valence-electron chi connectivity index (χ0n) is 11.3. The van der Waals surface area contributed by atoms with E-state index >= 15 is 0 Å². The third-order valence-electron chi connectivity index (χ3n) is 4.44. The molecule has 2 heterocycles. The third-order valence-corrected chi connectivity index (χ3v) is 4.44. The molecule has 1 aromatic carbocycles. The molecule has 0 saturated heterocycles. The molecule has 1 saturated carbocycles. The molecule has 2 unspecified atom stereocenters. The summed E-state index contributed by atoms with van der Waals surface area (Å²) in [5, 5.41) is 3.58. The van der Waals surface area contributed by atoms with Gasteiger partial charge in [0.05, 0.1) is 18.2 Å². The minimum atomic E-state index is 0.650. The lowest BCUT2D eigenvalue weighted by Gasteiger charge is -2.21. The molecule has 0 radical (unpaired) electrons. The van der Waals surface area contributed by atoms with Crippen LogP contribution in [0.1, 0.15) is 31.4 Å². The van der Waals surface area contributed by atoms with Crippen LogP contribution in [0.5, 0.6) is 0 Å². The van der Waals surface area contributed by atoms with Crippen molar-refractivity contribution in [1.29, 1.82) is 0 Å². The van der Waals surface area contributed by atoms with Crippen LogP contribution in [0.3, 0.4) is 0 Å². The van der Waals surface area contributed by atoms with Crippen LogP contribution in [0, 0.1) is 5.92 Å². The maximum Gasteiger partial charge on any atom is 0.0953 e. The predicted molar refractivity (Wildman–Crippen MR) is 77.3 cm³/mol. The monoisotopic (exact) mass is 253 g/mol. The predicted octanol–water partition coefficient (Wildman–Crippen LogP) is 3.49. The van der Waals surface area contributed by atoms with E-state index in [4.69, 9.17) is 0 Å². The second-order valence-electron chi connectivity index (χ2n) is 5.84. The van der Waals surface area contributed by atoms with Gasteiger partial charge in [-0.2, -0.15) is 0 Å². The Morgan fingerprint density at radius 1 is 1.37 bits per heavy atom. The molecule has 1 aliphatic heterocycles. The summed E-state index contributed by atoms with van der Waals surface area (Å²) in [6, 6.07) is 7.29. The Labute approximate surface area is 113 Å². The van der Waals surface area contributed by atoms with Gasteiger partial charge in [-0.3, -0.25) is 0 Å². The highest BCUT2D eigenvalue weighted by Crippen LogP contribution is 2.45. The molecule has 3 nitrogen and oxygen atoms in total. The fourth-order valence-electron chi connectivity index (χ4n) is 3.19. The van der Waals surface area contributed by atoms with Gasteiger partial charge in [0.1, 0.15) is 0 Å². The van der Waals surface area contributed by atoms with Gasteiger partial charge in [-0.25, -0.2) is 4.98 Å².